The number of para-hydroxylation sites is 1. The van der Waals surface area contributed by atoms with Gasteiger partial charge in [-0.2, -0.15) is 0 Å². The Morgan fingerprint density at radius 3 is 2.81 bits per heavy atom. The maximum absolute atomic E-state index is 12.4. The van der Waals surface area contributed by atoms with Crippen LogP contribution in [0.15, 0.2) is 66.0 Å². The highest BCUT2D eigenvalue weighted by Crippen LogP contribution is 2.25. The van der Waals surface area contributed by atoms with Crippen molar-refractivity contribution >= 4 is 22.9 Å². The Bertz CT molecular complexity index is 892. The van der Waals surface area contributed by atoms with Crippen molar-refractivity contribution in [3.05, 3.63) is 76.5 Å². The molecule has 1 amide bonds. The molecule has 1 aliphatic heterocycles. The van der Waals surface area contributed by atoms with Crippen LogP contribution in [0.1, 0.15) is 10.4 Å². The maximum Gasteiger partial charge on any atom is 0.238 e. The number of carbonyl (C=O) groups is 1. The van der Waals surface area contributed by atoms with Crippen LogP contribution >= 0.6 is 11.3 Å². The van der Waals surface area contributed by atoms with E-state index in [2.05, 4.69) is 21.7 Å². The quantitative estimate of drug-likeness (QED) is 0.723. The summed E-state index contributed by atoms with van der Waals surface area (Å²) < 4.78 is 5.82. The van der Waals surface area contributed by atoms with E-state index in [0.29, 0.717) is 12.3 Å². The summed E-state index contributed by atoms with van der Waals surface area (Å²) in [5.74, 6) is 1.48. The lowest BCUT2D eigenvalue weighted by Crippen LogP contribution is -2.36. The van der Waals surface area contributed by atoms with E-state index in [1.165, 1.54) is 10.4 Å². The van der Waals surface area contributed by atoms with Crippen LogP contribution in [-0.4, -0.2) is 23.9 Å². The van der Waals surface area contributed by atoms with Crippen molar-refractivity contribution in [1.29, 1.82) is 0 Å². The lowest BCUT2D eigenvalue weighted by Gasteiger charge is -2.26. The summed E-state index contributed by atoms with van der Waals surface area (Å²) in [6.07, 6.45) is 1.03. The van der Waals surface area contributed by atoms with Gasteiger partial charge in [-0.1, -0.05) is 24.3 Å². The number of hydrogen-bond donors (Lipinski definition) is 1. The zero-order chi connectivity index (χ0) is 17.8. The highest BCUT2D eigenvalue weighted by molar-refractivity contribution is 7.10. The van der Waals surface area contributed by atoms with E-state index in [0.717, 1.165) is 30.9 Å². The lowest BCUT2D eigenvalue weighted by atomic mass is 10.1. The van der Waals surface area contributed by atoms with E-state index in [9.17, 15) is 4.79 Å². The maximum atomic E-state index is 12.4. The molecule has 4 rings (SSSR count). The van der Waals surface area contributed by atoms with E-state index >= 15 is 0 Å². The molecule has 0 saturated heterocycles. The summed E-state index contributed by atoms with van der Waals surface area (Å²) in [4.78, 5) is 16.1. The number of amides is 1. The predicted molar refractivity (Wildman–Crippen MR) is 105 cm³/mol. The summed E-state index contributed by atoms with van der Waals surface area (Å²) >= 11 is 1.81. The Labute approximate surface area is 157 Å². The highest BCUT2D eigenvalue weighted by atomic mass is 32.1. The number of anilines is 1. The van der Waals surface area contributed by atoms with Gasteiger partial charge in [-0.3, -0.25) is 9.69 Å². The summed E-state index contributed by atoms with van der Waals surface area (Å²) in [7, 11) is 0. The van der Waals surface area contributed by atoms with Crippen LogP contribution in [0.2, 0.25) is 0 Å². The molecule has 5 heteroatoms. The van der Waals surface area contributed by atoms with Crippen molar-refractivity contribution in [1.82, 2.24) is 4.90 Å². The van der Waals surface area contributed by atoms with Gasteiger partial charge in [0.15, 0.2) is 0 Å². The van der Waals surface area contributed by atoms with Crippen LogP contribution in [0.25, 0.3) is 0 Å². The number of thiophene rings is 1. The third kappa shape index (κ3) is 4.12. The third-order valence-electron chi connectivity index (χ3n) is 4.35. The first-order valence-corrected chi connectivity index (χ1v) is 9.55. The van der Waals surface area contributed by atoms with Crippen LogP contribution in [0.4, 0.5) is 5.69 Å². The summed E-state index contributed by atoms with van der Waals surface area (Å²) in [6, 6.07) is 19.3. The first-order chi connectivity index (χ1) is 12.8. The van der Waals surface area contributed by atoms with Crippen LogP contribution in [-0.2, 0) is 17.8 Å². The molecule has 0 spiro atoms. The first-order valence-electron chi connectivity index (χ1n) is 8.67. The van der Waals surface area contributed by atoms with Gasteiger partial charge < -0.3 is 10.1 Å². The standard InChI is InChI=1S/C21H20N2O2S/c24-21(15-23-11-9-20-16(14-23)10-12-26-20)22-17-5-4-8-19(13-17)25-18-6-2-1-3-7-18/h1-8,10,12-13H,9,11,14-15H2,(H,22,24). The molecule has 132 valence electrons. The molecule has 26 heavy (non-hydrogen) atoms. The van der Waals surface area contributed by atoms with Crippen molar-refractivity contribution in [2.75, 3.05) is 18.4 Å². The van der Waals surface area contributed by atoms with E-state index in [1.807, 2.05) is 65.9 Å². The van der Waals surface area contributed by atoms with Crippen molar-refractivity contribution in [2.24, 2.45) is 0 Å². The molecule has 0 unspecified atom stereocenters. The Kier molecular flexibility index (Phi) is 5.00. The summed E-state index contributed by atoms with van der Waals surface area (Å²) in [5, 5.41) is 5.11. The monoisotopic (exact) mass is 364 g/mol. The largest absolute Gasteiger partial charge is 0.457 e. The zero-order valence-corrected chi connectivity index (χ0v) is 15.2. The Morgan fingerprint density at radius 1 is 1.08 bits per heavy atom. The molecular weight excluding hydrogens is 344 g/mol. The number of rotatable bonds is 5. The molecule has 1 aliphatic rings. The molecule has 0 bridgehead atoms. The van der Waals surface area contributed by atoms with Gasteiger partial charge in [-0.05, 0) is 47.7 Å². The molecule has 4 nitrogen and oxygen atoms in total. The Morgan fingerprint density at radius 2 is 1.92 bits per heavy atom. The topological polar surface area (TPSA) is 41.6 Å². The number of benzene rings is 2. The SMILES string of the molecule is O=C(CN1CCc2sccc2C1)Nc1cccc(Oc2ccccc2)c1. The molecular formula is C21H20N2O2S. The molecule has 2 heterocycles. The van der Waals surface area contributed by atoms with Crippen molar-refractivity contribution in [3.63, 3.8) is 0 Å². The summed E-state index contributed by atoms with van der Waals surface area (Å²) in [5.41, 5.74) is 2.10. The second kappa shape index (κ2) is 7.72. The molecule has 2 aromatic carbocycles. The minimum absolute atomic E-state index is 0.000501. The fourth-order valence-electron chi connectivity index (χ4n) is 3.11. The van der Waals surface area contributed by atoms with Gasteiger partial charge in [0.2, 0.25) is 5.91 Å². The fraction of sp³-hybridized carbons (Fsp3) is 0.190. The Hall–Kier alpha value is -2.63. The lowest BCUT2D eigenvalue weighted by molar-refractivity contribution is -0.117. The number of carbonyl (C=O) groups excluding carboxylic acids is 1. The normalized spacial score (nSPS) is 13.8. The van der Waals surface area contributed by atoms with Crippen LogP contribution in [0.5, 0.6) is 11.5 Å². The molecule has 0 fully saturated rings. The Balaban J connectivity index is 1.35. The molecule has 1 aromatic heterocycles. The zero-order valence-electron chi connectivity index (χ0n) is 14.4. The van der Waals surface area contributed by atoms with Gasteiger partial charge in [-0.25, -0.2) is 0 Å². The molecule has 0 atom stereocenters. The van der Waals surface area contributed by atoms with E-state index in [4.69, 9.17) is 4.74 Å². The molecule has 1 N–H and O–H groups in total. The smallest absolute Gasteiger partial charge is 0.238 e. The van der Waals surface area contributed by atoms with E-state index in [1.54, 1.807) is 0 Å². The van der Waals surface area contributed by atoms with E-state index < -0.39 is 0 Å². The van der Waals surface area contributed by atoms with Crippen molar-refractivity contribution in [3.8, 4) is 11.5 Å². The second-order valence-electron chi connectivity index (χ2n) is 6.32. The summed E-state index contributed by atoms with van der Waals surface area (Å²) in [6.45, 7) is 2.18. The van der Waals surface area contributed by atoms with Gasteiger partial charge in [0.25, 0.3) is 0 Å². The van der Waals surface area contributed by atoms with Gasteiger partial charge in [0, 0.05) is 29.7 Å². The van der Waals surface area contributed by atoms with E-state index in [-0.39, 0.29) is 5.91 Å². The first kappa shape index (κ1) is 16.8. The number of nitrogens with zero attached hydrogens (tertiary/aromatic N) is 1. The highest BCUT2D eigenvalue weighted by Gasteiger charge is 2.19. The average molecular weight is 364 g/mol. The number of hydrogen-bond acceptors (Lipinski definition) is 4. The van der Waals surface area contributed by atoms with Crippen LogP contribution in [0, 0.1) is 0 Å². The van der Waals surface area contributed by atoms with Crippen molar-refractivity contribution < 1.29 is 9.53 Å². The number of fused-ring (bicyclic) bond motifs is 1. The predicted octanol–water partition coefficient (Wildman–Crippen LogP) is 4.54. The molecule has 3 aromatic rings. The van der Waals surface area contributed by atoms with Crippen molar-refractivity contribution in [2.45, 2.75) is 13.0 Å². The minimum atomic E-state index is 0.000501. The van der Waals surface area contributed by atoms with Gasteiger partial charge in [0.05, 0.1) is 6.54 Å². The number of nitrogens with one attached hydrogen (secondary N) is 1. The molecule has 0 saturated carbocycles. The van der Waals surface area contributed by atoms with Crippen LogP contribution < -0.4 is 10.1 Å². The second-order valence-corrected chi connectivity index (χ2v) is 7.32. The van der Waals surface area contributed by atoms with Crippen LogP contribution in [0.3, 0.4) is 0 Å². The van der Waals surface area contributed by atoms with Gasteiger partial charge in [0.1, 0.15) is 11.5 Å². The van der Waals surface area contributed by atoms with Gasteiger partial charge in [-0.15, -0.1) is 11.3 Å². The molecule has 0 aliphatic carbocycles. The average Bonchev–Trinajstić information content (AvgIpc) is 3.10. The molecule has 0 radical (unpaired) electrons. The third-order valence-corrected chi connectivity index (χ3v) is 5.37. The number of ether oxygens (including phenoxy) is 1. The van der Waals surface area contributed by atoms with Gasteiger partial charge >= 0.3 is 0 Å². The fourth-order valence-corrected chi connectivity index (χ4v) is 4.00. The minimum Gasteiger partial charge on any atom is -0.457 e.